The Kier molecular flexibility index (Phi) is 9.57. The summed E-state index contributed by atoms with van der Waals surface area (Å²) in [4.78, 5) is 43.9. The van der Waals surface area contributed by atoms with Crippen LogP contribution in [0.25, 0.3) is 10.9 Å². The van der Waals surface area contributed by atoms with Gasteiger partial charge in [-0.05, 0) is 73.5 Å². The standard InChI is InChI=1S/C35H50N4O4S/c1-34(2,3)17-26-25-11-12-28(40)27(31(25)37-33(26)44-35(4,5)6)21-38-18-23(19-38)15-16-36-32(43)24-9-7-22(8-10-24)20-39-29(41)13-14-30(39)42/h11-14,22-24,37,40H,7-10,15-21H2,1-6H3,(H,36,43). The molecule has 1 aromatic heterocycles. The van der Waals surface area contributed by atoms with Crippen molar-refractivity contribution in [3.05, 3.63) is 35.4 Å². The molecule has 2 fully saturated rings. The Labute approximate surface area is 266 Å². The molecule has 8 nitrogen and oxygen atoms in total. The summed E-state index contributed by atoms with van der Waals surface area (Å²) < 4.78 is 0.0732. The third-order valence-electron chi connectivity index (χ3n) is 9.07. The summed E-state index contributed by atoms with van der Waals surface area (Å²) in [5, 5.41) is 16.5. The number of thioether (sulfide) groups is 1. The van der Waals surface area contributed by atoms with Crippen LogP contribution in [0.3, 0.4) is 0 Å². The van der Waals surface area contributed by atoms with Crippen molar-refractivity contribution in [3.8, 4) is 5.75 Å². The number of likely N-dealkylation sites (tertiary alicyclic amines) is 1. The highest BCUT2D eigenvalue weighted by atomic mass is 32.2. The summed E-state index contributed by atoms with van der Waals surface area (Å²) in [6.45, 7) is 17.3. The summed E-state index contributed by atoms with van der Waals surface area (Å²) in [6.07, 6.45) is 7.92. The highest BCUT2D eigenvalue weighted by molar-refractivity contribution is 8.00. The van der Waals surface area contributed by atoms with Gasteiger partial charge in [0.1, 0.15) is 5.75 Å². The zero-order valence-electron chi connectivity index (χ0n) is 27.3. The summed E-state index contributed by atoms with van der Waals surface area (Å²) in [6, 6.07) is 3.92. The molecular formula is C35H50N4O4S. The van der Waals surface area contributed by atoms with Crippen LogP contribution in [0.2, 0.25) is 0 Å². The summed E-state index contributed by atoms with van der Waals surface area (Å²) in [7, 11) is 0. The van der Waals surface area contributed by atoms with Crippen LogP contribution in [-0.4, -0.2) is 68.5 Å². The molecule has 1 aliphatic carbocycles. The molecule has 0 atom stereocenters. The molecule has 0 unspecified atom stereocenters. The fourth-order valence-corrected chi connectivity index (χ4v) is 7.90. The molecule has 1 saturated heterocycles. The third kappa shape index (κ3) is 7.89. The van der Waals surface area contributed by atoms with Gasteiger partial charge >= 0.3 is 0 Å². The number of carbonyl (C=O) groups is 3. The number of hydrogen-bond donors (Lipinski definition) is 3. The van der Waals surface area contributed by atoms with Gasteiger partial charge in [0.15, 0.2) is 0 Å². The van der Waals surface area contributed by atoms with Gasteiger partial charge in [-0.3, -0.25) is 24.2 Å². The maximum Gasteiger partial charge on any atom is 0.253 e. The molecule has 44 heavy (non-hydrogen) atoms. The Morgan fingerprint density at radius 2 is 1.64 bits per heavy atom. The average molecular weight is 623 g/mol. The van der Waals surface area contributed by atoms with Crippen LogP contribution in [0.5, 0.6) is 5.75 Å². The van der Waals surface area contributed by atoms with Crippen LogP contribution >= 0.6 is 11.8 Å². The van der Waals surface area contributed by atoms with Crippen LogP contribution in [0, 0.1) is 23.2 Å². The zero-order chi connectivity index (χ0) is 31.8. The third-order valence-corrected chi connectivity index (χ3v) is 10.2. The predicted octanol–water partition coefficient (Wildman–Crippen LogP) is 6.02. The van der Waals surface area contributed by atoms with E-state index < -0.39 is 0 Å². The van der Waals surface area contributed by atoms with Gasteiger partial charge in [0, 0.05) is 66.5 Å². The van der Waals surface area contributed by atoms with E-state index >= 15 is 0 Å². The van der Waals surface area contributed by atoms with Crippen LogP contribution < -0.4 is 5.32 Å². The molecule has 0 spiro atoms. The molecule has 2 aromatic rings. The van der Waals surface area contributed by atoms with Crippen molar-refractivity contribution >= 4 is 40.4 Å². The SMILES string of the molecule is CC(C)(C)Cc1c(SC(C)(C)C)[nH]c2c(CN3CC(CCNC(=O)C4CCC(CN5C(=O)C=CC5=O)CC4)C3)c(O)ccc12. The van der Waals surface area contributed by atoms with Crippen LogP contribution in [-0.2, 0) is 27.3 Å². The van der Waals surface area contributed by atoms with E-state index in [4.69, 9.17) is 0 Å². The molecule has 3 heterocycles. The lowest BCUT2D eigenvalue weighted by molar-refractivity contribution is -0.138. The molecule has 5 rings (SSSR count). The Bertz CT molecular complexity index is 1400. The summed E-state index contributed by atoms with van der Waals surface area (Å²) >= 11 is 1.86. The Hall–Kier alpha value is -2.78. The number of nitrogens with zero attached hydrogens (tertiary/aromatic N) is 2. The number of imide groups is 1. The first kappa shape index (κ1) is 32.6. The van der Waals surface area contributed by atoms with E-state index in [2.05, 4.69) is 62.8 Å². The highest BCUT2D eigenvalue weighted by Gasteiger charge is 2.32. The van der Waals surface area contributed by atoms with Gasteiger partial charge in [0.2, 0.25) is 5.91 Å². The molecule has 0 radical (unpaired) electrons. The molecule has 3 amide bonds. The van der Waals surface area contributed by atoms with Gasteiger partial charge in [-0.1, -0.05) is 41.5 Å². The van der Waals surface area contributed by atoms with E-state index in [1.807, 2.05) is 17.8 Å². The second-order valence-corrected chi connectivity index (χ2v) is 17.2. The van der Waals surface area contributed by atoms with Gasteiger partial charge in [-0.2, -0.15) is 0 Å². The topological polar surface area (TPSA) is 106 Å². The van der Waals surface area contributed by atoms with Crippen molar-refractivity contribution in [2.75, 3.05) is 26.2 Å². The first-order valence-electron chi connectivity index (χ1n) is 16.2. The number of H-pyrrole nitrogens is 1. The number of rotatable bonds is 10. The second-order valence-electron chi connectivity index (χ2n) is 15.3. The molecule has 1 saturated carbocycles. The van der Waals surface area contributed by atoms with Crippen molar-refractivity contribution in [1.29, 1.82) is 0 Å². The second kappa shape index (κ2) is 12.9. The molecule has 9 heteroatoms. The molecule has 240 valence electrons. The lowest BCUT2D eigenvalue weighted by Gasteiger charge is -2.39. The van der Waals surface area contributed by atoms with Gasteiger partial charge in [0.05, 0.1) is 10.5 Å². The number of aromatic nitrogens is 1. The van der Waals surface area contributed by atoms with E-state index in [1.54, 1.807) is 0 Å². The number of nitrogens with one attached hydrogen (secondary N) is 2. The summed E-state index contributed by atoms with van der Waals surface area (Å²) in [5.74, 6) is 0.846. The zero-order valence-corrected chi connectivity index (χ0v) is 28.1. The lowest BCUT2D eigenvalue weighted by Crippen LogP contribution is -2.47. The minimum absolute atomic E-state index is 0.0148. The van der Waals surface area contributed by atoms with Crippen LogP contribution in [0.15, 0.2) is 29.3 Å². The number of phenols is 1. The van der Waals surface area contributed by atoms with E-state index in [0.717, 1.165) is 62.7 Å². The first-order valence-corrected chi connectivity index (χ1v) is 17.1. The fourth-order valence-electron chi connectivity index (χ4n) is 6.83. The fraction of sp³-hybridized carbons (Fsp3) is 0.629. The van der Waals surface area contributed by atoms with E-state index in [0.29, 0.717) is 31.3 Å². The van der Waals surface area contributed by atoms with Crippen molar-refractivity contribution in [3.63, 3.8) is 0 Å². The number of benzene rings is 1. The van der Waals surface area contributed by atoms with E-state index in [1.165, 1.54) is 33.0 Å². The van der Waals surface area contributed by atoms with Crippen LogP contribution in [0.1, 0.15) is 84.8 Å². The number of aromatic amines is 1. The van der Waals surface area contributed by atoms with E-state index in [9.17, 15) is 19.5 Å². The van der Waals surface area contributed by atoms with Gasteiger partial charge < -0.3 is 15.4 Å². The monoisotopic (exact) mass is 622 g/mol. The van der Waals surface area contributed by atoms with Crippen molar-refractivity contribution in [2.45, 2.75) is 96.4 Å². The Morgan fingerprint density at radius 1 is 0.977 bits per heavy atom. The van der Waals surface area contributed by atoms with Crippen molar-refractivity contribution < 1.29 is 19.5 Å². The smallest absolute Gasteiger partial charge is 0.253 e. The number of aromatic hydroxyl groups is 1. The van der Waals surface area contributed by atoms with Crippen LogP contribution in [0.4, 0.5) is 0 Å². The molecular weight excluding hydrogens is 572 g/mol. The molecule has 3 N–H and O–H groups in total. The molecule has 1 aromatic carbocycles. The Balaban J connectivity index is 1.09. The summed E-state index contributed by atoms with van der Waals surface area (Å²) in [5.41, 5.74) is 3.51. The first-order chi connectivity index (χ1) is 20.7. The normalized spacial score (nSPS) is 21.8. The van der Waals surface area contributed by atoms with Gasteiger partial charge in [0.25, 0.3) is 11.8 Å². The predicted molar refractivity (Wildman–Crippen MR) is 176 cm³/mol. The lowest BCUT2D eigenvalue weighted by atomic mass is 9.81. The van der Waals surface area contributed by atoms with E-state index in [-0.39, 0.29) is 39.7 Å². The minimum atomic E-state index is -0.225. The maximum atomic E-state index is 12.8. The minimum Gasteiger partial charge on any atom is -0.508 e. The van der Waals surface area contributed by atoms with Gasteiger partial charge in [-0.25, -0.2) is 0 Å². The quantitative estimate of drug-likeness (QED) is 0.221. The maximum absolute atomic E-state index is 12.8. The molecule has 0 bridgehead atoms. The number of fused-ring (bicyclic) bond motifs is 1. The number of hydrogen-bond acceptors (Lipinski definition) is 6. The molecule has 3 aliphatic rings. The Morgan fingerprint density at radius 3 is 2.25 bits per heavy atom. The highest BCUT2D eigenvalue weighted by Crippen LogP contribution is 2.42. The average Bonchev–Trinajstić information content (AvgIpc) is 3.40. The van der Waals surface area contributed by atoms with Crippen molar-refractivity contribution in [1.82, 2.24) is 20.1 Å². The van der Waals surface area contributed by atoms with Gasteiger partial charge in [-0.15, -0.1) is 11.8 Å². The van der Waals surface area contributed by atoms with Crippen molar-refractivity contribution in [2.24, 2.45) is 23.2 Å². The largest absolute Gasteiger partial charge is 0.508 e. The number of phenolic OH excluding ortho intramolecular Hbond substituents is 1. The number of carbonyl (C=O) groups excluding carboxylic acids is 3. The number of amides is 3. The molecule has 2 aliphatic heterocycles.